The molecule has 1 heterocycles. The minimum Gasteiger partial charge on any atom is -0.399 e. The lowest BCUT2D eigenvalue weighted by molar-refractivity contribution is 0.214. The maximum absolute atomic E-state index is 10.1. The van der Waals surface area contributed by atoms with E-state index in [-0.39, 0.29) is 11.6 Å². The quantitative estimate of drug-likeness (QED) is 0.875. The van der Waals surface area contributed by atoms with Crippen LogP contribution in [0.2, 0.25) is 0 Å². The smallest absolute Gasteiger partial charge is 0.191 e. The number of benzene rings is 1. The Kier molecular flexibility index (Phi) is 5.28. The van der Waals surface area contributed by atoms with Crippen LogP contribution < -0.4 is 5.73 Å². The number of nitrogens with zero attached hydrogens (tertiary/aromatic N) is 4. The molecule has 0 saturated heterocycles. The zero-order valence-corrected chi connectivity index (χ0v) is 16.6. The summed E-state index contributed by atoms with van der Waals surface area (Å²) in [5.74, 6) is -0.144. The van der Waals surface area contributed by atoms with Crippen molar-refractivity contribution in [3.63, 3.8) is 0 Å². The van der Waals surface area contributed by atoms with Gasteiger partial charge in [0.1, 0.15) is 6.07 Å². The molecule has 0 saturated carbocycles. The van der Waals surface area contributed by atoms with E-state index in [0.29, 0.717) is 18.0 Å². The second kappa shape index (κ2) is 7.51. The Balaban J connectivity index is 2.25. The average Bonchev–Trinajstić information content (AvgIpc) is 2.72. The molecule has 0 radical (unpaired) electrons. The summed E-state index contributed by atoms with van der Waals surface area (Å²) >= 11 is 0. The Bertz CT molecular complexity index is 933. The van der Waals surface area contributed by atoms with E-state index in [4.69, 9.17) is 5.73 Å². The number of fused-ring (bicyclic) bond motifs is 1. The predicted octanol–water partition coefficient (Wildman–Crippen LogP) is 3.56. The van der Waals surface area contributed by atoms with Gasteiger partial charge in [0, 0.05) is 24.9 Å². The molecule has 1 aliphatic carbocycles. The molecule has 5 heteroatoms. The number of allylic oxidation sites excluding steroid dienone is 2. The molecule has 2 unspecified atom stereocenters. The monoisotopic (exact) mass is 371 g/mol. The summed E-state index contributed by atoms with van der Waals surface area (Å²) in [6.45, 7) is 8.66. The van der Waals surface area contributed by atoms with Crippen molar-refractivity contribution in [1.29, 1.82) is 15.8 Å². The van der Waals surface area contributed by atoms with Crippen molar-refractivity contribution < 1.29 is 0 Å². The Labute approximate surface area is 167 Å². The fraction of sp³-hybridized carbons (Fsp3) is 0.435. The molecule has 3 rings (SSSR count). The third-order valence-electron chi connectivity index (χ3n) is 6.15. The summed E-state index contributed by atoms with van der Waals surface area (Å²) in [6.07, 6.45) is 2.04. The molecule has 0 fully saturated rings. The van der Waals surface area contributed by atoms with E-state index in [1.165, 1.54) is 5.56 Å². The van der Waals surface area contributed by atoms with Gasteiger partial charge in [-0.1, -0.05) is 51.1 Å². The molecule has 0 amide bonds. The zero-order valence-electron chi connectivity index (χ0n) is 16.6. The molecular formula is C23H25N5. The van der Waals surface area contributed by atoms with Gasteiger partial charge in [-0.3, -0.25) is 4.90 Å². The van der Waals surface area contributed by atoms with Crippen LogP contribution in [-0.4, -0.2) is 24.5 Å². The van der Waals surface area contributed by atoms with Gasteiger partial charge in [-0.15, -0.1) is 0 Å². The van der Waals surface area contributed by atoms with Crippen LogP contribution in [0.1, 0.15) is 43.7 Å². The van der Waals surface area contributed by atoms with Crippen LogP contribution in [0.3, 0.4) is 0 Å². The van der Waals surface area contributed by atoms with Crippen molar-refractivity contribution in [3.05, 3.63) is 58.3 Å². The fourth-order valence-electron chi connectivity index (χ4n) is 4.46. The first-order valence-corrected chi connectivity index (χ1v) is 9.68. The summed E-state index contributed by atoms with van der Waals surface area (Å²) in [4.78, 5) is 2.26. The van der Waals surface area contributed by atoms with Crippen LogP contribution in [-0.2, 0) is 0 Å². The average molecular weight is 371 g/mol. The van der Waals surface area contributed by atoms with Gasteiger partial charge in [0.15, 0.2) is 5.41 Å². The minimum absolute atomic E-state index is 0.0883. The van der Waals surface area contributed by atoms with Crippen LogP contribution in [0, 0.1) is 45.3 Å². The van der Waals surface area contributed by atoms with E-state index in [0.717, 1.165) is 24.2 Å². The Hall–Kier alpha value is -3.07. The van der Waals surface area contributed by atoms with Gasteiger partial charge in [-0.05, 0) is 29.2 Å². The standard InChI is InChI=1S/C23H25N5/c1-4-28-10-9-18-19(11-24)22(27)23(13-25,14-26)21(20(18)12-28)17-7-5-16(6-8-17)15(2)3/h5-9,15,20-21H,4,10,12,27H2,1-3H3. The van der Waals surface area contributed by atoms with Crippen LogP contribution in [0.4, 0.5) is 0 Å². The van der Waals surface area contributed by atoms with Gasteiger partial charge in [-0.25, -0.2) is 0 Å². The summed E-state index contributed by atoms with van der Waals surface area (Å²) in [5.41, 5.74) is 8.17. The minimum atomic E-state index is -1.55. The number of hydrogen-bond acceptors (Lipinski definition) is 5. The van der Waals surface area contributed by atoms with Crippen LogP contribution in [0.5, 0.6) is 0 Å². The highest BCUT2D eigenvalue weighted by molar-refractivity contribution is 5.59. The number of hydrogen-bond donors (Lipinski definition) is 1. The van der Waals surface area contributed by atoms with Gasteiger partial charge in [-0.2, -0.15) is 15.8 Å². The van der Waals surface area contributed by atoms with Gasteiger partial charge in [0.05, 0.1) is 23.4 Å². The number of rotatable bonds is 3. The van der Waals surface area contributed by atoms with Crippen molar-refractivity contribution in [2.24, 2.45) is 17.1 Å². The van der Waals surface area contributed by atoms with E-state index >= 15 is 0 Å². The molecular weight excluding hydrogens is 346 g/mol. The lowest BCUT2D eigenvalue weighted by Gasteiger charge is -2.45. The van der Waals surface area contributed by atoms with Crippen LogP contribution in [0.25, 0.3) is 0 Å². The van der Waals surface area contributed by atoms with E-state index < -0.39 is 11.3 Å². The lowest BCUT2D eigenvalue weighted by Crippen LogP contribution is -2.48. The number of likely N-dealkylation sites (N-methyl/N-ethyl adjacent to an activating group) is 1. The molecule has 0 bridgehead atoms. The molecule has 2 atom stereocenters. The molecule has 2 aliphatic rings. The number of nitriles is 3. The summed E-state index contributed by atoms with van der Waals surface area (Å²) in [5, 5.41) is 29.9. The molecule has 1 aliphatic heterocycles. The molecule has 2 N–H and O–H groups in total. The summed E-state index contributed by atoms with van der Waals surface area (Å²) in [6, 6.07) is 14.7. The SMILES string of the molecule is CCN1CC=C2C(C#N)=C(N)C(C#N)(C#N)C(c3ccc(C(C)C)cc3)C2C1. The first-order valence-electron chi connectivity index (χ1n) is 9.68. The normalized spacial score (nSPS) is 24.0. The maximum Gasteiger partial charge on any atom is 0.191 e. The molecule has 28 heavy (non-hydrogen) atoms. The second-order valence-electron chi connectivity index (χ2n) is 7.85. The Morgan fingerprint density at radius 2 is 1.82 bits per heavy atom. The molecule has 5 nitrogen and oxygen atoms in total. The molecule has 0 aromatic heterocycles. The summed E-state index contributed by atoms with van der Waals surface area (Å²) < 4.78 is 0. The zero-order chi connectivity index (χ0) is 20.5. The second-order valence-corrected chi connectivity index (χ2v) is 7.85. The fourth-order valence-corrected chi connectivity index (χ4v) is 4.46. The van der Waals surface area contributed by atoms with Crippen molar-refractivity contribution in [1.82, 2.24) is 4.90 Å². The third-order valence-corrected chi connectivity index (χ3v) is 6.15. The van der Waals surface area contributed by atoms with E-state index in [9.17, 15) is 15.8 Å². The maximum atomic E-state index is 10.1. The Morgan fingerprint density at radius 3 is 2.32 bits per heavy atom. The Morgan fingerprint density at radius 1 is 1.18 bits per heavy atom. The lowest BCUT2D eigenvalue weighted by atomic mass is 9.58. The highest BCUT2D eigenvalue weighted by Gasteiger charge is 2.54. The topological polar surface area (TPSA) is 101 Å². The first-order chi connectivity index (χ1) is 13.4. The van der Waals surface area contributed by atoms with Gasteiger partial charge in [0.25, 0.3) is 0 Å². The van der Waals surface area contributed by atoms with E-state index in [2.05, 4.69) is 56.0 Å². The summed E-state index contributed by atoms with van der Waals surface area (Å²) in [7, 11) is 0. The van der Waals surface area contributed by atoms with Crippen LogP contribution >= 0.6 is 0 Å². The van der Waals surface area contributed by atoms with E-state index in [1.54, 1.807) is 0 Å². The van der Waals surface area contributed by atoms with Crippen molar-refractivity contribution in [2.45, 2.75) is 32.6 Å². The number of nitrogens with two attached hydrogens (primary N) is 1. The van der Waals surface area contributed by atoms with Crippen molar-refractivity contribution in [3.8, 4) is 18.2 Å². The first kappa shape index (κ1) is 19.7. The molecule has 1 aromatic carbocycles. The molecule has 0 spiro atoms. The highest BCUT2D eigenvalue weighted by atomic mass is 15.1. The van der Waals surface area contributed by atoms with Crippen molar-refractivity contribution >= 4 is 0 Å². The highest BCUT2D eigenvalue weighted by Crippen LogP contribution is 2.54. The third kappa shape index (κ3) is 2.88. The molecule has 142 valence electrons. The largest absolute Gasteiger partial charge is 0.399 e. The van der Waals surface area contributed by atoms with Crippen molar-refractivity contribution in [2.75, 3.05) is 19.6 Å². The van der Waals surface area contributed by atoms with Gasteiger partial charge in [0.2, 0.25) is 0 Å². The molecule has 1 aromatic rings. The van der Waals surface area contributed by atoms with Gasteiger partial charge < -0.3 is 5.73 Å². The van der Waals surface area contributed by atoms with Gasteiger partial charge >= 0.3 is 0 Å². The predicted molar refractivity (Wildman–Crippen MR) is 107 cm³/mol. The van der Waals surface area contributed by atoms with Crippen LogP contribution in [0.15, 0.2) is 47.2 Å². The van der Waals surface area contributed by atoms with E-state index in [1.807, 2.05) is 18.2 Å².